The number of benzene rings is 5. The van der Waals surface area contributed by atoms with Gasteiger partial charge in [0.15, 0.2) is 0 Å². The highest BCUT2D eigenvalue weighted by atomic mass is 16.3. The first kappa shape index (κ1) is 21.0. The van der Waals surface area contributed by atoms with Crippen LogP contribution >= 0.6 is 0 Å². The predicted molar refractivity (Wildman–Crippen MR) is 157 cm³/mol. The normalized spacial score (nSPS) is 11.7. The van der Waals surface area contributed by atoms with E-state index in [4.69, 9.17) is 9.40 Å². The summed E-state index contributed by atoms with van der Waals surface area (Å²) in [5, 5.41) is 4.62. The molecule has 0 fully saturated rings. The van der Waals surface area contributed by atoms with Gasteiger partial charge in [0.2, 0.25) is 0 Å². The molecular formula is C35H22N2O. The number of nitrogens with zero attached hydrogens (tertiary/aromatic N) is 2. The van der Waals surface area contributed by atoms with Crippen LogP contribution in [0.1, 0.15) is 0 Å². The molecule has 8 aromatic rings. The van der Waals surface area contributed by atoms with E-state index in [-0.39, 0.29) is 0 Å². The maximum absolute atomic E-state index is 6.26. The quantitative estimate of drug-likeness (QED) is 0.249. The lowest BCUT2D eigenvalue weighted by molar-refractivity contribution is 0.669. The van der Waals surface area contributed by atoms with Crippen LogP contribution in [0.5, 0.6) is 0 Å². The van der Waals surface area contributed by atoms with Crippen LogP contribution in [0, 0.1) is 0 Å². The van der Waals surface area contributed by atoms with Gasteiger partial charge in [-0.3, -0.25) is 0 Å². The lowest BCUT2D eigenvalue weighted by Gasteiger charge is -2.13. The van der Waals surface area contributed by atoms with Crippen molar-refractivity contribution in [1.29, 1.82) is 0 Å². The number of para-hydroxylation sites is 2. The molecule has 0 radical (unpaired) electrons. The topological polar surface area (TPSA) is 31.0 Å². The van der Waals surface area contributed by atoms with Crippen LogP contribution in [0.4, 0.5) is 0 Å². The van der Waals surface area contributed by atoms with Crippen molar-refractivity contribution in [3.05, 3.63) is 133 Å². The van der Waals surface area contributed by atoms with Crippen molar-refractivity contribution in [3.63, 3.8) is 0 Å². The fourth-order valence-corrected chi connectivity index (χ4v) is 5.62. The predicted octanol–water partition coefficient (Wildman–Crippen LogP) is 9.41. The van der Waals surface area contributed by atoms with Crippen LogP contribution < -0.4 is 0 Å². The van der Waals surface area contributed by atoms with Gasteiger partial charge in [-0.05, 0) is 36.4 Å². The summed E-state index contributed by atoms with van der Waals surface area (Å²) in [6.45, 7) is 0. The molecule has 0 N–H and O–H groups in total. The lowest BCUT2D eigenvalue weighted by Crippen LogP contribution is -1.98. The van der Waals surface area contributed by atoms with Gasteiger partial charge in [0, 0.05) is 32.7 Å². The molecule has 3 aromatic heterocycles. The van der Waals surface area contributed by atoms with E-state index < -0.39 is 0 Å². The van der Waals surface area contributed by atoms with Crippen molar-refractivity contribution in [3.8, 4) is 28.2 Å². The molecule has 0 aliphatic heterocycles. The van der Waals surface area contributed by atoms with E-state index in [9.17, 15) is 0 Å². The highest BCUT2D eigenvalue weighted by Crippen LogP contribution is 2.39. The molecule has 38 heavy (non-hydrogen) atoms. The molecule has 0 saturated heterocycles. The van der Waals surface area contributed by atoms with Crippen LogP contribution in [0.2, 0.25) is 0 Å². The second kappa shape index (κ2) is 8.19. The van der Waals surface area contributed by atoms with Crippen LogP contribution in [0.15, 0.2) is 138 Å². The molecule has 0 aliphatic rings. The fraction of sp³-hybridized carbons (Fsp3) is 0. The maximum Gasteiger partial charge on any atom is 0.136 e. The first-order valence-electron chi connectivity index (χ1n) is 12.8. The van der Waals surface area contributed by atoms with E-state index >= 15 is 0 Å². The van der Waals surface area contributed by atoms with Crippen LogP contribution in [0.25, 0.3) is 71.9 Å². The summed E-state index contributed by atoms with van der Waals surface area (Å²) < 4.78 is 8.63. The molecule has 0 bridgehead atoms. The zero-order valence-electron chi connectivity index (χ0n) is 20.5. The summed E-state index contributed by atoms with van der Waals surface area (Å²) in [7, 11) is 0. The van der Waals surface area contributed by atoms with Crippen LogP contribution in [-0.2, 0) is 0 Å². The summed E-state index contributed by atoms with van der Waals surface area (Å²) in [5.74, 6) is 0. The Kier molecular flexibility index (Phi) is 4.52. The van der Waals surface area contributed by atoms with E-state index in [1.54, 1.807) is 0 Å². The SMILES string of the molecule is c1ccc(-c2cc(-n3c4ccccc4c4cc5oc6ccccc6c5cc43)cc(-c3ccccc3)n2)cc1. The van der Waals surface area contributed by atoms with E-state index in [1.165, 1.54) is 10.8 Å². The largest absolute Gasteiger partial charge is 0.456 e. The molecule has 5 aromatic carbocycles. The van der Waals surface area contributed by atoms with E-state index in [0.717, 1.165) is 61.2 Å². The number of aromatic nitrogens is 2. The fourth-order valence-electron chi connectivity index (χ4n) is 5.62. The summed E-state index contributed by atoms with van der Waals surface area (Å²) in [4.78, 5) is 5.10. The smallest absolute Gasteiger partial charge is 0.136 e. The Hall–Kier alpha value is -5.15. The van der Waals surface area contributed by atoms with Gasteiger partial charge in [-0.15, -0.1) is 0 Å². The third-order valence-corrected chi connectivity index (χ3v) is 7.38. The van der Waals surface area contributed by atoms with Crippen molar-refractivity contribution in [2.75, 3.05) is 0 Å². The molecule has 3 nitrogen and oxygen atoms in total. The highest BCUT2D eigenvalue weighted by Gasteiger charge is 2.18. The molecule has 3 heteroatoms. The van der Waals surface area contributed by atoms with Crippen molar-refractivity contribution in [2.24, 2.45) is 0 Å². The monoisotopic (exact) mass is 486 g/mol. The summed E-state index contributed by atoms with van der Waals surface area (Å²) in [6.07, 6.45) is 0. The number of furan rings is 1. The molecule has 0 amide bonds. The van der Waals surface area contributed by atoms with Crippen LogP contribution in [-0.4, -0.2) is 9.55 Å². The Morgan fingerprint density at radius 3 is 1.76 bits per heavy atom. The minimum atomic E-state index is 0.909. The van der Waals surface area contributed by atoms with Crippen molar-refractivity contribution < 1.29 is 4.42 Å². The van der Waals surface area contributed by atoms with E-state index in [2.05, 4.69) is 114 Å². The van der Waals surface area contributed by atoms with Gasteiger partial charge in [0.25, 0.3) is 0 Å². The third-order valence-electron chi connectivity index (χ3n) is 7.38. The third kappa shape index (κ3) is 3.19. The molecule has 0 saturated carbocycles. The zero-order chi connectivity index (χ0) is 25.1. The second-order valence-corrected chi connectivity index (χ2v) is 9.64. The van der Waals surface area contributed by atoms with Crippen LogP contribution in [0.3, 0.4) is 0 Å². The Morgan fingerprint density at radius 2 is 1.05 bits per heavy atom. The van der Waals surface area contributed by atoms with Gasteiger partial charge in [0.05, 0.1) is 28.1 Å². The zero-order valence-corrected chi connectivity index (χ0v) is 20.5. The van der Waals surface area contributed by atoms with Gasteiger partial charge >= 0.3 is 0 Å². The van der Waals surface area contributed by atoms with E-state index in [0.29, 0.717) is 0 Å². The Bertz CT molecular complexity index is 2060. The minimum absolute atomic E-state index is 0.909. The highest BCUT2D eigenvalue weighted by molar-refractivity contribution is 6.17. The number of fused-ring (bicyclic) bond motifs is 6. The van der Waals surface area contributed by atoms with Crippen molar-refractivity contribution in [2.45, 2.75) is 0 Å². The molecule has 0 spiro atoms. The van der Waals surface area contributed by atoms with Crippen molar-refractivity contribution >= 4 is 43.7 Å². The number of hydrogen-bond acceptors (Lipinski definition) is 2. The molecular weight excluding hydrogens is 464 g/mol. The summed E-state index contributed by atoms with van der Waals surface area (Å²) in [6, 6.07) is 46.5. The van der Waals surface area contributed by atoms with Gasteiger partial charge in [-0.1, -0.05) is 97.1 Å². The molecule has 0 unspecified atom stereocenters. The van der Waals surface area contributed by atoms with Gasteiger partial charge < -0.3 is 8.98 Å². The average molecular weight is 487 g/mol. The number of rotatable bonds is 3. The molecule has 178 valence electrons. The molecule has 3 heterocycles. The first-order chi connectivity index (χ1) is 18.8. The molecule has 8 rings (SSSR count). The summed E-state index contributed by atoms with van der Waals surface area (Å²) in [5.41, 5.74) is 9.28. The molecule has 0 aliphatic carbocycles. The Labute approximate surface area is 219 Å². The van der Waals surface area contributed by atoms with Gasteiger partial charge in [-0.2, -0.15) is 0 Å². The first-order valence-corrected chi connectivity index (χ1v) is 12.8. The minimum Gasteiger partial charge on any atom is -0.456 e. The van der Waals surface area contributed by atoms with Gasteiger partial charge in [-0.25, -0.2) is 4.98 Å². The van der Waals surface area contributed by atoms with E-state index in [1.807, 2.05) is 24.3 Å². The standard InChI is InChI=1S/C35H22N2O/c1-3-11-23(12-4-1)30-19-25(20-31(36-30)24-13-5-2-6-14-24)37-32-17-9-7-15-26(32)28-22-35-29(21-33(28)37)27-16-8-10-18-34(27)38-35/h1-22H. The summed E-state index contributed by atoms with van der Waals surface area (Å²) >= 11 is 0. The number of hydrogen-bond donors (Lipinski definition) is 0. The van der Waals surface area contributed by atoms with Gasteiger partial charge in [0.1, 0.15) is 11.2 Å². The molecule has 0 atom stereocenters. The lowest BCUT2D eigenvalue weighted by atomic mass is 10.1. The van der Waals surface area contributed by atoms with Crippen molar-refractivity contribution in [1.82, 2.24) is 9.55 Å². The maximum atomic E-state index is 6.26. The average Bonchev–Trinajstić information content (AvgIpc) is 3.51. The number of pyridine rings is 1. The Balaban J connectivity index is 1.49. The Morgan fingerprint density at radius 1 is 0.447 bits per heavy atom. The second-order valence-electron chi connectivity index (χ2n) is 9.64.